The fourth-order valence-corrected chi connectivity index (χ4v) is 2.86. The van der Waals surface area contributed by atoms with Crippen LogP contribution in [-0.2, 0) is 9.53 Å². The largest absolute Gasteiger partial charge is 0.497 e. The van der Waals surface area contributed by atoms with E-state index >= 15 is 0 Å². The summed E-state index contributed by atoms with van der Waals surface area (Å²) < 4.78 is 27.0. The zero-order valence-electron chi connectivity index (χ0n) is 17.6. The number of carbonyl (C=O) groups excluding carboxylic acids is 2. The van der Waals surface area contributed by atoms with E-state index in [-0.39, 0.29) is 18.1 Å². The van der Waals surface area contributed by atoms with Gasteiger partial charge in [-0.25, -0.2) is 4.79 Å². The first-order chi connectivity index (χ1) is 14.2. The average Bonchev–Trinajstić information content (AvgIpc) is 3.00. The maximum atomic E-state index is 12.7. The molecule has 7 nitrogen and oxygen atoms in total. The number of carbonyl (C=O) groups is 2. The fraction of sp³-hybridized carbons (Fsp3) is 0.304. The van der Waals surface area contributed by atoms with Crippen LogP contribution in [0, 0.1) is 0 Å². The molecule has 2 aromatic rings. The van der Waals surface area contributed by atoms with Crippen molar-refractivity contribution in [3.05, 3.63) is 53.3 Å². The number of esters is 1. The molecule has 1 heterocycles. The molecule has 158 valence electrons. The van der Waals surface area contributed by atoms with Gasteiger partial charge in [-0.05, 0) is 57.2 Å². The lowest BCUT2D eigenvalue weighted by molar-refractivity contribution is -0.157. The summed E-state index contributed by atoms with van der Waals surface area (Å²) in [6.45, 7) is 5.11. The number of allylic oxidation sites excluding steroid dienone is 1. The van der Waals surface area contributed by atoms with Crippen molar-refractivity contribution in [3.63, 3.8) is 0 Å². The summed E-state index contributed by atoms with van der Waals surface area (Å²) in [5.74, 6) is 1.38. The number of methoxy groups -OCH3 is 2. The summed E-state index contributed by atoms with van der Waals surface area (Å²) in [6.07, 6.45) is 1.60. The lowest BCUT2D eigenvalue weighted by Crippen LogP contribution is -2.27. The first kappa shape index (κ1) is 21.2. The highest BCUT2D eigenvalue weighted by Gasteiger charge is 2.28. The second kappa shape index (κ2) is 8.49. The van der Waals surface area contributed by atoms with Crippen molar-refractivity contribution in [1.29, 1.82) is 0 Å². The molecule has 0 saturated carbocycles. The van der Waals surface area contributed by atoms with E-state index in [1.807, 2.05) is 0 Å². The Morgan fingerprint density at radius 3 is 2.43 bits per heavy atom. The van der Waals surface area contributed by atoms with E-state index in [2.05, 4.69) is 0 Å². The zero-order chi connectivity index (χ0) is 21.9. The normalized spacial score (nSPS) is 14.2. The maximum Gasteiger partial charge on any atom is 0.344 e. The second-order valence-electron chi connectivity index (χ2n) is 7.58. The molecule has 0 aliphatic carbocycles. The summed E-state index contributed by atoms with van der Waals surface area (Å²) in [5.41, 5.74) is 0.469. The van der Waals surface area contributed by atoms with Crippen molar-refractivity contribution in [3.8, 4) is 23.0 Å². The van der Waals surface area contributed by atoms with E-state index in [9.17, 15) is 9.59 Å². The van der Waals surface area contributed by atoms with Gasteiger partial charge in [0.05, 0.1) is 19.8 Å². The molecule has 0 unspecified atom stereocenters. The third-order valence-electron chi connectivity index (χ3n) is 4.14. The molecule has 0 spiro atoms. The minimum atomic E-state index is -0.589. The van der Waals surface area contributed by atoms with Crippen LogP contribution in [0.3, 0.4) is 0 Å². The standard InChI is InChI=1S/C23H24O7/c1-23(2,3)30-21(24)13-28-16-6-8-17-19(12-16)29-20(22(17)25)11-14-10-15(26-4)7-9-18(14)27-5/h6-12H,13H2,1-5H3. The Kier molecular flexibility index (Phi) is 6.01. The van der Waals surface area contributed by atoms with E-state index in [0.717, 1.165) is 0 Å². The zero-order valence-corrected chi connectivity index (χ0v) is 17.6. The summed E-state index contributed by atoms with van der Waals surface area (Å²) in [5, 5.41) is 0. The topological polar surface area (TPSA) is 80.3 Å². The molecule has 0 bridgehead atoms. The van der Waals surface area contributed by atoms with Gasteiger partial charge in [-0.15, -0.1) is 0 Å². The number of fused-ring (bicyclic) bond motifs is 1. The SMILES string of the molecule is COc1ccc(OC)c(C=C2Oc3cc(OCC(=O)OC(C)(C)C)ccc3C2=O)c1. The van der Waals surface area contributed by atoms with E-state index in [1.165, 1.54) is 0 Å². The van der Waals surface area contributed by atoms with Gasteiger partial charge in [0.15, 0.2) is 12.4 Å². The van der Waals surface area contributed by atoms with E-state index < -0.39 is 11.6 Å². The average molecular weight is 412 g/mol. The lowest BCUT2D eigenvalue weighted by Gasteiger charge is -2.19. The molecule has 0 saturated heterocycles. The van der Waals surface area contributed by atoms with Crippen LogP contribution >= 0.6 is 0 Å². The molecule has 30 heavy (non-hydrogen) atoms. The molecule has 3 rings (SSSR count). The molecule has 2 aromatic carbocycles. The van der Waals surface area contributed by atoms with Gasteiger partial charge >= 0.3 is 5.97 Å². The summed E-state index contributed by atoms with van der Waals surface area (Å²) in [4.78, 5) is 24.5. The molecule has 7 heteroatoms. The third kappa shape index (κ3) is 4.92. The Labute approximate surface area is 175 Å². The summed E-state index contributed by atoms with van der Waals surface area (Å²) in [6, 6.07) is 10.1. The molecule has 0 amide bonds. The Balaban J connectivity index is 1.77. The van der Waals surface area contributed by atoms with E-state index in [0.29, 0.717) is 34.1 Å². The third-order valence-corrected chi connectivity index (χ3v) is 4.14. The van der Waals surface area contributed by atoms with Crippen LogP contribution in [0.25, 0.3) is 6.08 Å². The minimum Gasteiger partial charge on any atom is -0.497 e. The molecule has 0 aromatic heterocycles. The first-order valence-electron chi connectivity index (χ1n) is 9.35. The predicted octanol–water partition coefficient (Wildman–Crippen LogP) is 4.04. The molecule has 1 aliphatic heterocycles. The van der Waals surface area contributed by atoms with Crippen LogP contribution < -0.4 is 18.9 Å². The van der Waals surface area contributed by atoms with Gasteiger partial charge in [0.2, 0.25) is 5.78 Å². The molecule has 0 fully saturated rings. The van der Waals surface area contributed by atoms with Crippen molar-refractivity contribution in [2.75, 3.05) is 20.8 Å². The van der Waals surface area contributed by atoms with Gasteiger partial charge in [0.1, 0.15) is 28.6 Å². The Hall–Kier alpha value is -3.48. The van der Waals surface area contributed by atoms with Crippen molar-refractivity contribution in [1.82, 2.24) is 0 Å². The van der Waals surface area contributed by atoms with Crippen LogP contribution in [0.5, 0.6) is 23.0 Å². The summed E-state index contributed by atoms with van der Waals surface area (Å²) >= 11 is 0. The number of ketones is 1. The number of benzene rings is 2. The van der Waals surface area contributed by atoms with Crippen molar-refractivity contribution in [2.24, 2.45) is 0 Å². The quantitative estimate of drug-likeness (QED) is 0.523. The molecular weight excluding hydrogens is 388 g/mol. The highest BCUT2D eigenvalue weighted by Crippen LogP contribution is 2.36. The van der Waals surface area contributed by atoms with Crippen LogP contribution in [0.1, 0.15) is 36.7 Å². The summed E-state index contributed by atoms with van der Waals surface area (Å²) in [7, 11) is 3.11. The van der Waals surface area contributed by atoms with Crippen molar-refractivity contribution in [2.45, 2.75) is 26.4 Å². The molecule has 0 N–H and O–H groups in total. The van der Waals surface area contributed by atoms with Gasteiger partial charge in [0, 0.05) is 11.6 Å². The number of Topliss-reactive ketones (excluding diaryl/α,β-unsaturated/α-hetero) is 1. The van der Waals surface area contributed by atoms with E-state index in [4.69, 9.17) is 23.7 Å². The van der Waals surface area contributed by atoms with Crippen LogP contribution in [0.15, 0.2) is 42.2 Å². The molecular formula is C23H24O7. The minimum absolute atomic E-state index is 0.154. The van der Waals surface area contributed by atoms with Crippen molar-refractivity contribution >= 4 is 17.8 Å². The fourth-order valence-electron chi connectivity index (χ4n) is 2.86. The van der Waals surface area contributed by atoms with Crippen LogP contribution in [-0.4, -0.2) is 38.2 Å². The molecule has 1 aliphatic rings. The number of hydrogen-bond donors (Lipinski definition) is 0. The first-order valence-corrected chi connectivity index (χ1v) is 9.35. The second-order valence-corrected chi connectivity index (χ2v) is 7.58. The lowest BCUT2D eigenvalue weighted by atomic mass is 10.1. The number of rotatable bonds is 6. The van der Waals surface area contributed by atoms with Gasteiger partial charge in [-0.2, -0.15) is 0 Å². The predicted molar refractivity (Wildman–Crippen MR) is 110 cm³/mol. The Morgan fingerprint density at radius 1 is 1.03 bits per heavy atom. The smallest absolute Gasteiger partial charge is 0.344 e. The van der Waals surface area contributed by atoms with Crippen LogP contribution in [0.2, 0.25) is 0 Å². The Morgan fingerprint density at radius 2 is 1.77 bits per heavy atom. The number of hydrogen-bond acceptors (Lipinski definition) is 7. The molecule has 0 atom stereocenters. The van der Waals surface area contributed by atoms with E-state index in [1.54, 1.807) is 77.5 Å². The van der Waals surface area contributed by atoms with Gasteiger partial charge in [-0.1, -0.05) is 0 Å². The highest BCUT2D eigenvalue weighted by molar-refractivity contribution is 6.14. The Bertz CT molecular complexity index is 999. The monoisotopic (exact) mass is 412 g/mol. The van der Waals surface area contributed by atoms with Crippen molar-refractivity contribution < 1.29 is 33.3 Å². The van der Waals surface area contributed by atoms with Gasteiger partial charge in [0.25, 0.3) is 0 Å². The number of ether oxygens (including phenoxy) is 5. The van der Waals surface area contributed by atoms with Crippen LogP contribution in [0.4, 0.5) is 0 Å². The highest BCUT2D eigenvalue weighted by atomic mass is 16.6. The van der Waals surface area contributed by atoms with Gasteiger partial charge < -0.3 is 23.7 Å². The van der Waals surface area contributed by atoms with Gasteiger partial charge in [-0.3, -0.25) is 4.79 Å². The molecule has 0 radical (unpaired) electrons. The maximum absolute atomic E-state index is 12.7.